The maximum absolute atomic E-state index is 10.6. The third-order valence-electron chi connectivity index (χ3n) is 5.26. The zero-order chi connectivity index (χ0) is 21.7. The van der Waals surface area contributed by atoms with Crippen molar-refractivity contribution in [1.82, 2.24) is 0 Å². The monoisotopic (exact) mass is 442 g/mol. The molecule has 0 bridgehead atoms. The topological polar surface area (TPSA) is 89.2 Å². The molecule has 28 heavy (non-hydrogen) atoms. The van der Waals surface area contributed by atoms with Crippen molar-refractivity contribution in [3.8, 4) is 0 Å². The summed E-state index contributed by atoms with van der Waals surface area (Å²) in [5, 5.41) is 10.9. The summed E-state index contributed by atoms with van der Waals surface area (Å²) in [5.41, 5.74) is 1.86. The van der Waals surface area contributed by atoms with Crippen LogP contribution >= 0.6 is 0 Å². The Morgan fingerprint density at radius 2 is 1.54 bits per heavy atom. The summed E-state index contributed by atoms with van der Waals surface area (Å²) in [5.74, 6) is 0. The number of aliphatic hydroxyl groups is 1. The molecule has 5 nitrogen and oxygen atoms in total. The average molecular weight is 443 g/mol. The largest absolute Gasteiger partial charge is 6.00 e. The van der Waals surface area contributed by atoms with Crippen molar-refractivity contribution in [2.45, 2.75) is 70.2 Å². The maximum atomic E-state index is 10.6. The van der Waals surface area contributed by atoms with Crippen LogP contribution in [0, 0.1) is 20.0 Å². The van der Waals surface area contributed by atoms with Gasteiger partial charge in [0.05, 0.1) is 5.60 Å². The molecule has 7 heteroatoms. The fraction of sp³-hybridized carbons (Fsp3) is 0.571. The summed E-state index contributed by atoms with van der Waals surface area (Å²) in [4.78, 5) is 0. The number of fused-ring (bicyclic) bond motifs is 1. The zero-order valence-electron chi connectivity index (χ0n) is 17.3. The first kappa shape index (κ1) is 31.8. The SMILES string of the molecule is CC(C)(C)[Si](C)(C)OCCCCC1(O)Cc2ccccc21.[C-]#[O+].[C-]#[O+].[C-]#[O+].[Cr+6]. The van der Waals surface area contributed by atoms with Crippen LogP contribution < -0.4 is 0 Å². The van der Waals surface area contributed by atoms with E-state index in [4.69, 9.17) is 18.4 Å². The number of hydrogen-bond acceptors (Lipinski definition) is 2. The number of hydrogen-bond donors (Lipinski definition) is 1. The minimum Gasteiger partial charge on any atom is 6.00 e. The molecule has 1 unspecified atom stereocenters. The summed E-state index contributed by atoms with van der Waals surface area (Å²) in [6.07, 6.45) is 3.73. The van der Waals surface area contributed by atoms with Gasteiger partial charge in [-0.2, -0.15) is 0 Å². The molecule has 1 atom stereocenters. The molecule has 0 aliphatic heterocycles. The van der Waals surface area contributed by atoms with Crippen LogP contribution in [0.1, 0.15) is 51.2 Å². The van der Waals surface area contributed by atoms with Gasteiger partial charge in [0.15, 0.2) is 8.32 Å². The van der Waals surface area contributed by atoms with Crippen molar-refractivity contribution in [1.29, 1.82) is 0 Å². The van der Waals surface area contributed by atoms with E-state index in [1.54, 1.807) is 0 Å². The molecule has 0 fully saturated rings. The van der Waals surface area contributed by atoms with Crippen LogP contribution in [0.15, 0.2) is 24.3 Å². The molecule has 148 valence electrons. The summed E-state index contributed by atoms with van der Waals surface area (Å²) in [7, 11) is -1.62. The standard InChI is InChI=1S/C18H30O2Si.3CO.Cr/c1-17(2,3)21(4,5)20-13-9-8-12-18(19)14-15-10-6-7-11-16(15)18;3*1-2;/h6-7,10-11,19H,8-9,12-14H2,1-5H3;;;;/q;;;;+6. The molecule has 1 aromatic carbocycles. The van der Waals surface area contributed by atoms with Gasteiger partial charge in [0.25, 0.3) is 0 Å². The van der Waals surface area contributed by atoms with Crippen molar-refractivity contribution < 1.29 is 40.9 Å². The van der Waals surface area contributed by atoms with E-state index in [0.717, 1.165) is 37.9 Å². The Labute approximate surface area is 181 Å². The van der Waals surface area contributed by atoms with Gasteiger partial charge in [-0.15, -0.1) is 0 Å². The zero-order valence-corrected chi connectivity index (χ0v) is 19.6. The van der Waals surface area contributed by atoms with Gasteiger partial charge in [-0.25, -0.2) is 0 Å². The van der Waals surface area contributed by atoms with E-state index in [1.807, 2.05) is 12.1 Å². The summed E-state index contributed by atoms with van der Waals surface area (Å²) < 4.78 is 28.7. The van der Waals surface area contributed by atoms with Crippen molar-refractivity contribution in [3.63, 3.8) is 0 Å². The Morgan fingerprint density at radius 3 is 2.00 bits per heavy atom. The average Bonchev–Trinajstić information content (AvgIpc) is 2.65. The van der Waals surface area contributed by atoms with Gasteiger partial charge < -0.3 is 9.53 Å². The first-order chi connectivity index (χ1) is 12.7. The molecule has 1 N–H and O–H groups in total. The van der Waals surface area contributed by atoms with Crippen LogP contribution in [-0.2, 0) is 47.8 Å². The Bertz CT molecular complexity index is 605. The molecule has 2 rings (SSSR count). The van der Waals surface area contributed by atoms with Crippen LogP contribution in [0.5, 0.6) is 0 Å². The fourth-order valence-electron chi connectivity index (χ4n) is 2.72. The molecule has 0 spiro atoms. The second-order valence-corrected chi connectivity index (χ2v) is 12.7. The Morgan fingerprint density at radius 1 is 1.04 bits per heavy atom. The van der Waals surface area contributed by atoms with E-state index < -0.39 is 13.9 Å². The van der Waals surface area contributed by atoms with E-state index >= 15 is 0 Å². The Kier molecular flexibility index (Phi) is 17.1. The second kappa shape index (κ2) is 15.0. The minimum atomic E-state index is -1.62. The number of unbranched alkanes of at least 4 members (excludes halogenated alkanes) is 1. The number of rotatable bonds is 6. The number of benzene rings is 1. The molecule has 0 saturated carbocycles. The van der Waals surface area contributed by atoms with Crippen molar-refractivity contribution in [2.24, 2.45) is 0 Å². The predicted octanol–water partition coefficient (Wildman–Crippen LogP) is 4.51. The second-order valence-electron chi connectivity index (χ2n) is 7.93. The van der Waals surface area contributed by atoms with Crippen molar-refractivity contribution >= 4 is 8.32 Å². The molecule has 0 saturated heterocycles. The van der Waals surface area contributed by atoms with Gasteiger partial charge in [-0.05, 0) is 48.5 Å². The van der Waals surface area contributed by atoms with Gasteiger partial charge in [0.2, 0.25) is 0 Å². The fourth-order valence-corrected chi connectivity index (χ4v) is 3.81. The quantitative estimate of drug-likeness (QED) is 0.304. The third kappa shape index (κ3) is 9.07. The molecule has 0 aromatic heterocycles. The molecule has 1 aliphatic carbocycles. The first-order valence-corrected chi connectivity index (χ1v) is 11.6. The van der Waals surface area contributed by atoms with Crippen LogP contribution in [0.3, 0.4) is 0 Å². The van der Waals surface area contributed by atoms with Gasteiger partial charge in [0.1, 0.15) is 0 Å². The summed E-state index contributed by atoms with van der Waals surface area (Å²) >= 11 is 0. The molecule has 0 heterocycles. The smallest absolute Gasteiger partial charge is 6.00 e. The predicted molar refractivity (Wildman–Crippen MR) is 103 cm³/mol. The molecular formula is C21H30CrO5Si+6. The van der Waals surface area contributed by atoms with E-state index in [9.17, 15) is 5.11 Å². The van der Waals surface area contributed by atoms with Gasteiger partial charge in [0, 0.05) is 13.0 Å². The molecule has 1 aromatic rings. The molecule has 0 radical (unpaired) electrons. The Balaban J connectivity index is -0.000000815. The Hall–Kier alpha value is -0.891. The molecule has 0 amide bonds. The third-order valence-corrected chi connectivity index (χ3v) is 9.79. The van der Waals surface area contributed by atoms with Crippen LogP contribution in [0.4, 0.5) is 0 Å². The van der Waals surface area contributed by atoms with Gasteiger partial charge in [-0.1, -0.05) is 45.0 Å². The normalized spacial score (nSPS) is 16.6. The maximum Gasteiger partial charge on any atom is 6.00 e. The van der Waals surface area contributed by atoms with Crippen LogP contribution in [0.25, 0.3) is 0 Å². The first-order valence-electron chi connectivity index (χ1n) is 8.72. The van der Waals surface area contributed by atoms with E-state index in [2.05, 4.69) is 65.9 Å². The van der Waals surface area contributed by atoms with E-state index in [-0.39, 0.29) is 22.4 Å². The van der Waals surface area contributed by atoms with Gasteiger partial charge in [-0.3, -0.25) is 0 Å². The summed E-state index contributed by atoms with van der Waals surface area (Å²) in [6.45, 7) is 25.7. The van der Waals surface area contributed by atoms with Crippen molar-refractivity contribution in [3.05, 3.63) is 55.3 Å². The molecular weight excluding hydrogens is 412 g/mol. The van der Waals surface area contributed by atoms with Crippen molar-refractivity contribution in [2.75, 3.05) is 6.61 Å². The van der Waals surface area contributed by atoms with E-state index in [0.29, 0.717) is 0 Å². The molecule has 1 aliphatic rings. The summed E-state index contributed by atoms with van der Waals surface area (Å²) in [6, 6.07) is 8.24. The van der Waals surface area contributed by atoms with Gasteiger partial charge >= 0.3 is 51.3 Å². The minimum absolute atomic E-state index is 0. The van der Waals surface area contributed by atoms with Crippen LogP contribution in [0.2, 0.25) is 18.1 Å². The van der Waals surface area contributed by atoms with E-state index in [1.165, 1.54) is 5.56 Å². The van der Waals surface area contributed by atoms with Crippen LogP contribution in [-0.4, -0.2) is 20.0 Å².